The van der Waals surface area contributed by atoms with Crippen LogP contribution in [0.25, 0.3) is 0 Å². The highest BCUT2D eigenvalue weighted by atomic mass is 32.2. The fourth-order valence-corrected chi connectivity index (χ4v) is 2.84. The number of amidine groups is 1. The quantitative estimate of drug-likeness (QED) is 0.342. The predicted molar refractivity (Wildman–Crippen MR) is 82.8 cm³/mol. The molecule has 0 bridgehead atoms. The Morgan fingerprint density at radius 3 is 2.78 bits per heavy atom. The summed E-state index contributed by atoms with van der Waals surface area (Å²) in [5.41, 5.74) is 7.46. The first-order valence-corrected chi connectivity index (χ1v) is 7.37. The molecule has 0 heterocycles. The summed E-state index contributed by atoms with van der Waals surface area (Å²) in [4.78, 5) is 0. The first kappa shape index (κ1) is 15.2. The molecule has 1 rings (SSSR count). The maximum Gasteiger partial charge on any atom is 0.151 e. The van der Waals surface area contributed by atoms with Crippen molar-refractivity contribution in [3.05, 3.63) is 29.8 Å². The van der Waals surface area contributed by atoms with E-state index in [0.29, 0.717) is 0 Å². The van der Waals surface area contributed by atoms with Crippen LogP contribution in [-0.4, -0.2) is 13.0 Å². The number of nitrogens with one attached hydrogen (secondary N) is 1. The van der Waals surface area contributed by atoms with E-state index in [1.165, 1.54) is 43.0 Å². The van der Waals surface area contributed by atoms with Crippen LogP contribution < -0.4 is 11.2 Å². The van der Waals surface area contributed by atoms with Gasteiger partial charge in [-0.15, -0.1) is 0 Å². The summed E-state index contributed by atoms with van der Waals surface area (Å²) in [5.74, 6) is 0. The van der Waals surface area contributed by atoms with E-state index in [4.69, 9.17) is 19.0 Å². The molecule has 1 aromatic rings. The number of nitrogens with two attached hydrogens (primary N) is 1. The minimum Gasteiger partial charge on any atom is -0.379 e. The molecule has 0 amide bonds. The van der Waals surface area contributed by atoms with Crippen molar-refractivity contribution in [2.24, 2.45) is 5.73 Å². The maximum atomic E-state index is 7.45. The molecule has 0 fully saturated rings. The van der Waals surface area contributed by atoms with Crippen molar-refractivity contribution in [1.29, 1.82) is 5.41 Å². The van der Waals surface area contributed by atoms with Gasteiger partial charge in [-0.2, -0.15) is 0 Å². The molecule has 0 spiro atoms. The molecule has 1 atom stereocenters. The lowest BCUT2D eigenvalue weighted by atomic mass is 9.93. The molecule has 0 aliphatic rings. The lowest BCUT2D eigenvalue weighted by Crippen LogP contribution is -2.10. The van der Waals surface area contributed by atoms with Crippen molar-refractivity contribution < 1.29 is 0 Å². The van der Waals surface area contributed by atoms with E-state index >= 15 is 0 Å². The molecule has 0 saturated heterocycles. The molecule has 0 aromatic heterocycles. The van der Waals surface area contributed by atoms with Crippen LogP contribution in [0, 0.1) is 5.41 Å². The summed E-state index contributed by atoms with van der Waals surface area (Å²) in [7, 11) is 5.81. The fraction of sp³-hybridized carbons (Fsp3) is 0.500. The maximum absolute atomic E-state index is 7.45. The van der Waals surface area contributed by atoms with E-state index in [-0.39, 0.29) is 10.4 Å². The number of hydrogen-bond donors (Lipinski definition) is 2. The largest absolute Gasteiger partial charge is 0.379 e. The van der Waals surface area contributed by atoms with Crippen LogP contribution >= 0.6 is 11.8 Å². The fourth-order valence-electron chi connectivity index (χ4n) is 1.96. The minimum absolute atomic E-state index is 0.179. The summed E-state index contributed by atoms with van der Waals surface area (Å²) in [6.07, 6.45) is 5.98. The predicted octanol–water partition coefficient (Wildman–Crippen LogP) is 3.12. The van der Waals surface area contributed by atoms with Gasteiger partial charge < -0.3 is 5.73 Å². The van der Waals surface area contributed by atoms with Crippen molar-refractivity contribution in [2.75, 3.05) is 0 Å². The molecule has 0 aliphatic carbocycles. The number of thioether (sulfide) groups is 1. The third-order valence-corrected chi connectivity index (χ3v) is 3.92. The van der Waals surface area contributed by atoms with Crippen molar-refractivity contribution in [3.8, 4) is 0 Å². The number of rotatable bonds is 7. The summed E-state index contributed by atoms with van der Waals surface area (Å²) >= 11 is 1.42. The smallest absolute Gasteiger partial charge is 0.151 e. The Morgan fingerprint density at radius 2 is 2.17 bits per heavy atom. The number of hydrogen-bond acceptors (Lipinski definition) is 2. The number of unbranched alkanes of at least 4 members (excludes halogenated alkanes) is 3. The average molecular weight is 260 g/mol. The van der Waals surface area contributed by atoms with Crippen molar-refractivity contribution >= 4 is 30.2 Å². The second kappa shape index (κ2) is 8.25. The molecule has 2 nitrogen and oxygen atoms in total. The molecule has 1 aromatic carbocycles. The van der Waals surface area contributed by atoms with E-state index in [2.05, 4.69) is 13.0 Å². The van der Waals surface area contributed by atoms with Gasteiger partial charge in [0.15, 0.2) is 5.17 Å². The summed E-state index contributed by atoms with van der Waals surface area (Å²) in [5, 5.41) is 7.89. The van der Waals surface area contributed by atoms with Crippen LogP contribution in [0.4, 0.5) is 0 Å². The second-order valence-corrected chi connectivity index (χ2v) is 5.73. The first-order chi connectivity index (χ1) is 8.63. The zero-order chi connectivity index (χ0) is 13.4. The lowest BCUT2D eigenvalue weighted by Gasteiger charge is -2.16. The highest BCUT2D eigenvalue weighted by Gasteiger charge is 2.13. The summed E-state index contributed by atoms with van der Waals surface area (Å²) in [6.45, 7) is 2.21. The Hall–Kier alpha value is -0.895. The van der Waals surface area contributed by atoms with E-state index in [9.17, 15) is 0 Å². The zero-order valence-electron chi connectivity index (χ0n) is 11.0. The molecule has 3 N–H and O–H groups in total. The van der Waals surface area contributed by atoms with E-state index in [0.717, 1.165) is 11.9 Å². The number of benzene rings is 1. The van der Waals surface area contributed by atoms with Gasteiger partial charge in [-0.1, -0.05) is 74.1 Å². The molecular formula is C14H21BN2S. The highest BCUT2D eigenvalue weighted by molar-refractivity contribution is 8.13. The van der Waals surface area contributed by atoms with Gasteiger partial charge in [-0.25, -0.2) is 0 Å². The molecular weight excluding hydrogens is 239 g/mol. The van der Waals surface area contributed by atoms with Crippen LogP contribution in [-0.2, 0) is 0 Å². The zero-order valence-corrected chi connectivity index (χ0v) is 11.8. The van der Waals surface area contributed by atoms with Gasteiger partial charge in [0.05, 0.1) is 0 Å². The molecule has 0 saturated carbocycles. The topological polar surface area (TPSA) is 49.9 Å². The molecule has 96 valence electrons. The standard InChI is InChI=1S/C14H21BN2S/c1-2-3-4-5-9-13(18-14(16)17)11-7-6-8-12(15)10-11/h6-8,10,13H,2-5,9H2,1H3,(H3,16,17). The van der Waals surface area contributed by atoms with Gasteiger partial charge in [0.2, 0.25) is 0 Å². The van der Waals surface area contributed by atoms with Crippen LogP contribution in [0.15, 0.2) is 24.3 Å². The van der Waals surface area contributed by atoms with Crippen LogP contribution in [0.2, 0.25) is 0 Å². The second-order valence-electron chi connectivity index (χ2n) is 4.49. The summed E-state index contributed by atoms with van der Waals surface area (Å²) < 4.78 is 0. The van der Waals surface area contributed by atoms with Gasteiger partial charge in [-0.05, 0) is 12.0 Å². The van der Waals surface area contributed by atoms with Gasteiger partial charge in [0.25, 0.3) is 0 Å². The Morgan fingerprint density at radius 1 is 1.39 bits per heavy atom. The van der Waals surface area contributed by atoms with E-state index < -0.39 is 0 Å². The minimum atomic E-state index is 0.179. The van der Waals surface area contributed by atoms with Gasteiger partial charge in [0, 0.05) is 5.25 Å². The van der Waals surface area contributed by atoms with Gasteiger partial charge in [-0.3, -0.25) is 5.41 Å². The molecule has 4 heteroatoms. The Bertz CT molecular complexity index is 382. The third-order valence-electron chi connectivity index (χ3n) is 2.87. The SMILES string of the molecule is [B]c1cccc(C(CCCCCC)SC(=N)N)c1. The van der Waals surface area contributed by atoms with Gasteiger partial charge in [0.1, 0.15) is 7.85 Å². The Kier molecular flexibility index (Phi) is 6.95. The molecule has 2 radical (unpaired) electrons. The van der Waals surface area contributed by atoms with Crippen molar-refractivity contribution in [1.82, 2.24) is 0 Å². The van der Waals surface area contributed by atoms with Crippen molar-refractivity contribution in [3.63, 3.8) is 0 Å². The molecule has 1 unspecified atom stereocenters. The van der Waals surface area contributed by atoms with Gasteiger partial charge >= 0.3 is 0 Å². The molecule has 0 aliphatic heterocycles. The van der Waals surface area contributed by atoms with E-state index in [1.54, 1.807) is 0 Å². The van der Waals surface area contributed by atoms with E-state index in [1.807, 2.05) is 18.2 Å². The Balaban J connectivity index is 2.62. The Labute approximate surface area is 116 Å². The molecule has 18 heavy (non-hydrogen) atoms. The lowest BCUT2D eigenvalue weighted by molar-refractivity contribution is 0.628. The van der Waals surface area contributed by atoms with Crippen LogP contribution in [0.3, 0.4) is 0 Å². The summed E-state index contributed by atoms with van der Waals surface area (Å²) in [6, 6.07) is 7.90. The first-order valence-electron chi connectivity index (χ1n) is 6.49. The third kappa shape index (κ3) is 5.63. The monoisotopic (exact) mass is 260 g/mol. The van der Waals surface area contributed by atoms with Crippen LogP contribution in [0.5, 0.6) is 0 Å². The van der Waals surface area contributed by atoms with Crippen LogP contribution in [0.1, 0.15) is 49.8 Å². The van der Waals surface area contributed by atoms with Crippen molar-refractivity contribution in [2.45, 2.75) is 44.3 Å². The normalized spacial score (nSPS) is 12.3. The highest BCUT2D eigenvalue weighted by Crippen LogP contribution is 2.33. The average Bonchev–Trinajstić information content (AvgIpc) is 2.32.